The average molecular weight is 567 g/mol. The molecule has 2 aromatic rings. The number of urea groups is 1. The van der Waals surface area contributed by atoms with E-state index in [0.29, 0.717) is 49.9 Å². The van der Waals surface area contributed by atoms with Gasteiger partial charge in [0.25, 0.3) is 5.91 Å². The molecule has 40 heavy (non-hydrogen) atoms. The number of amides is 3. The molecular weight excluding hydrogens is 535 g/mol. The first-order valence-electron chi connectivity index (χ1n) is 12.2. The minimum absolute atomic E-state index is 0.00863. The molecule has 218 valence electrons. The van der Waals surface area contributed by atoms with Gasteiger partial charge in [-0.05, 0) is 62.8 Å². The Labute approximate surface area is 227 Å². The molecular formula is C24H31FN6O9. The van der Waals surface area contributed by atoms with Gasteiger partial charge in [0.05, 0.1) is 24.3 Å². The van der Waals surface area contributed by atoms with Crippen molar-refractivity contribution in [3.05, 3.63) is 41.7 Å². The highest BCUT2D eigenvalue weighted by Crippen LogP contribution is 2.10. The van der Waals surface area contributed by atoms with Crippen molar-refractivity contribution >= 4 is 30.0 Å². The number of rotatable bonds is 16. The van der Waals surface area contributed by atoms with Crippen LogP contribution >= 0.6 is 0 Å². The molecule has 0 unspecified atom stereocenters. The second-order valence-electron chi connectivity index (χ2n) is 8.26. The molecule has 2 rings (SSSR count). The standard InChI is InChI=1S/C23H31FN6O7.CO2/c24-12-4-5-17-15-29(28-27-17)18-8-6-16(7-9-18)21(33)25-13-2-1-3-14-26-23(36)30(37)19(22(34)35)10-11-20(31)32;2-1-3/h6-9,15,19,37H,1-5,10-14H2,(H,25,33)(H,26,36)(H,31,32)(H,34,35);/t19-;/m0./s1. The van der Waals surface area contributed by atoms with Gasteiger partial charge < -0.3 is 20.8 Å². The fourth-order valence-corrected chi connectivity index (χ4v) is 3.31. The number of carboxylic acid groups (broad SMARTS) is 2. The number of halogens is 1. The van der Waals surface area contributed by atoms with E-state index in [-0.39, 0.29) is 23.7 Å². The summed E-state index contributed by atoms with van der Waals surface area (Å²) in [5.41, 5.74) is 1.87. The fourth-order valence-electron chi connectivity index (χ4n) is 3.31. The molecule has 15 nitrogen and oxygen atoms in total. The zero-order valence-electron chi connectivity index (χ0n) is 21.5. The molecule has 1 atom stereocenters. The van der Waals surface area contributed by atoms with Crippen molar-refractivity contribution < 1.29 is 48.6 Å². The number of hydrogen-bond acceptors (Lipinski definition) is 9. The monoisotopic (exact) mass is 566 g/mol. The Hall–Kier alpha value is -4.69. The topological polar surface area (TPSA) is 221 Å². The number of hydroxylamine groups is 2. The number of carbonyl (C=O) groups is 4. The molecule has 0 aliphatic heterocycles. The smallest absolute Gasteiger partial charge is 0.373 e. The maximum atomic E-state index is 12.3. The summed E-state index contributed by atoms with van der Waals surface area (Å²) in [6.45, 7) is 0.147. The third kappa shape index (κ3) is 12.2. The van der Waals surface area contributed by atoms with Gasteiger partial charge in [0.2, 0.25) is 0 Å². The highest BCUT2D eigenvalue weighted by Gasteiger charge is 2.29. The van der Waals surface area contributed by atoms with Gasteiger partial charge in [-0.1, -0.05) is 5.21 Å². The van der Waals surface area contributed by atoms with Crippen LogP contribution < -0.4 is 10.6 Å². The lowest BCUT2D eigenvalue weighted by Gasteiger charge is -2.22. The molecule has 1 aromatic heterocycles. The second-order valence-corrected chi connectivity index (χ2v) is 8.26. The highest BCUT2D eigenvalue weighted by molar-refractivity contribution is 5.94. The molecule has 0 saturated carbocycles. The van der Waals surface area contributed by atoms with Crippen molar-refractivity contribution in [2.45, 2.75) is 51.0 Å². The predicted molar refractivity (Wildman–Crippen MR) is 132 cm³/mol. The SMILES string of the molecule is O=C(O)CC[C@@H](C(=O)O)N(O)C(=O)NCCCCCNC(=O)c1ccc(-n2cc(CCCF)nn2)cc1.O=C=O. The Bertz CT molecular complexity index is 1140. The highest BCUT2D eigenvalue weighted by atomic mass is 19.1. The normalized spacial score (nSPS) is 10.8. The first-order chi connectivity index (χ1) is 19.1. The first kappa shape index (κ1) is 33.3. The van der Waals surface area contributed by atoms with E-state index in [1.807, 2.05) is 0 Å². The summed E-state index contributed by atoms with van der Waals surface area (Å²) < 4.78 is 13.8. The molecule has 0 spiro atoms. The van der Waals surface area contributed by atoms with Crippen LogP contribution in [0, 0.1) is 0 Å². The van der Waals surface area contributed by atoms with Crippen LogP contribution in [-0.2, 0) is 25.6 Å². The van der Waals surface area contributed by atoms with Crippen molar-refractivity contribution in [3.63, 3.8) is 0 Å². The van der Waals surface area contributed by atoms with Crippen molar-refractivity contribution in [1.29, 1.82) is 0 Å². The van der Waals surface area contributed by atoms with E-state index in [9.17, 15) is 28.8 Å². The molecule has 0 saturated heterocycles. The molecule has 0 fully saturated rings. The summed E-state index contributed by atoms with van der Waals surface area (Å²) in [7, 11) is 0. The third-order valence-corrected chi connectivity index (χ3v) is 5.34. The summed E-state index contributed by atoms with van der Waals surface area (Å²) in [6, 6.07) is 4.08. The van der Waals surface area contributed by atoms with E-state index < -0.39 is 43.5 Å². The van der Waals surface area contributed by atoms with E-state index >= 15 is 0 Å². The van der Waals surface area contributed by atoms with E-state index in [0.717, 1.165) is 5.69 Å². The number of carboxylic acids is 2. The Balaban J connectivity index is 0.00000254. The number of nitrogens with one attached hydrogen (secondary N) is 2. The lowest BCUT2D eigenvalue weighted by atomic mass is 10.1. The quantitative estimate of drug-likeness (QED) is 0.110. The van der Waals surface area contributed by atoms with Gasteiger partial charge in [-0.25, -0.2) is 14.3 Å². The van der Waals surface area contributed by atoms with Crippen molar-refractivity contribution in [3.8, 4) is 5.69 Å². The van der Waals surface area contributed by atoms with Gasteiger partial charge in [-0.3, -0.25) is 19.2 Å². The van der Waals surface area contributed by atoms with Crippen LogP contribution in [0.2, 0.25) is 0 Å². The van der Waals surface area contributed by atoms with Crippen LogP contribution in [0.3, 0.4) is 0 Å². The Morgan fingerprint density at radius 2 is 1.62 bits per heavy atom. The Morgan fingerprint density at radius 3 is 2.20 bits per heavy atom. The summed E-state index contributed by atoms with van der Waals surface area (Å²) in [5.74, 6) is -3.00. The minimum Gasteiger partial charge on any atom is -0.481 e. The van der Waals surface area contributed by atoms with Crippen LogP contribution in [-0.4, -0.2) is 91.3 Å². The van der Waals surface area contributed by atoms with Crippen LogP contribution in [0.1, 0.15) is 54.6 Å². The molecule has 0 bridgehead atoms. The minimum atomic E-state index is -1.67. The van der Waals surface area contributed by atoms with Gasteiger partial charge in [-0.2, -0.15) is 14.7 Å². The number of hydrogen-bond donors (Lipinski definition) is 5. The van der Waals surface area contributed by atoms with E-state index in [4.69, 9.17) is 19.8 Å². The number of nitrogens with zero attached hydrogens (tertiary/aromatic N) is 4. The third-order valence-electron chi connectivity index (χ3n) is 5.34. The molecule has 1 aromatic carbocycles. The second kappa shape index (κ2) is 18.5. The first-order valence-corrected chi connectivity index (χ1v) is 12.2. The molecule has 5 N–H and O–H groups in total. The van der Waals surface area contributed by atoms with E-state index in [1.165, 1.54) is 0 Å². The lowest BCUT2D eigenvalue weighted by Crippen LogP contribution is -2.48. The number of aryl methyl sites for hydroxylation is 1. The Morgan fingerprint density at radius 1 is 1.00 bits per heavy atom. The maximum absolute atomic E-state index is 12.3. The molecule has 3 amide bonds. The van der Waals surface area contributed by atoms with Crippen LogP contribution in [0.4, 0.5) is 9.18 Å². The molecule has 0 aliphatic carbocycles. The average Bonchev–Trinajstić information content (AvgIpc) is 3.40. The largest absolute Gasteiger partial charge is 0.481 e. The number of aliphatic carboxylic acids is 2. The number of alkyl halides is 1. The van der Waals surface area contributed by atoms with Crippen LogP contribution in [0.15, 0.2) is 30.5 Å². The molecule has 0 aliphatic rings. The summed E-state index contributed by atoms with van der Waals surface area (Å²) in [5, 5.41) is 40.6. The number of unbranched alkanes of at least 4 members (excludes halogenated alkanes) is 2. The van der Waals surface area contributed by atoms with Crippen molar-refractivity contribution in [2.24, 2.45) is 0 Å². The van der Waals surface area contributed by atoms with Crippen molar-refractivity contribution in [1.82, 2.24) is 30.7 Å². The van der Waals surface area contributed by atoms with Crippen LogP contribution in [0.25, 0.3) is 5.69 Å². The van der Waals surface area contributed by atoms with Gasteiger partial charge in [0.1, 0.15) is 0 Å². The van der Waals surface area contributed by atoms with Crippen molar-refractivity contribution in [2.75, 3.05) is 19.8 Å². The summed E-state index contributed by atoms with van der Waals surface area (Å²) in [6.07, 6.45) is 3.70. The number of carbonyl (C=O) groups excluding carboxylic acids is 4. The molecule has 1 heterocycles. The molecule has 0 radical (unpaired) electrons. The predicted octanol–water partition coefficient (Wildman–Crippen LogP) is 1.20. The van der Waals surface area contributed by atoms with Gasteiger partial charge >= 0.3 is 24.1 Å². The Kier molecular flexibility index (Phi) is 15.5. The fraction of sp³-hybridized carbons (Fsp3) is 0.458. The molecule has 16 heteroatoms. The maximum Gasteiger partial charge on any atom is 0.373 e. The number of aromatic nitrogens is 3. The zero-order valence-corrected chi connectivity index (χ0v) is 21.5. The zero-order chi connectivity index (χ0) is 29.9. The lowest BCUT2D eigenvalue weighted by molar-refractivity contribution is -0.191. The van der Waals surface area contributed by atoms with E-state index in [1.54, 1.807) is 35.1 Å². The van der Waals surface area contributed by atoms with Gasteiger partial charge in [0, 0.05) is 25.1 Å². The number of benzene rings is 1. The van der Waals surface area contributed by atoms with Gasteiger partial charge in [0.15, 0.2) is 6.04 Å². The summed E-state index contributed by atoms with van der Waals surface area (Å²) >= 11 is 0. The summed E-state index contributed by atoms with van der Waals surface area (Å²) in [4.78, 5) is 62.2. The van der Waals surface area contributed by atoms with Gasteiger partial charge in [-0.15, -0.1) is 5.10 Å². The van der Waals surface area contributed by atoms with Crippen LogP contribution in [0.5, 0.6) is 0 Å². The van der Waals surface area contributed by atoms with E-state index in [2.05, 4.69) is 20.9 Å².